The third kappa shape index (κ3) is 19.9. The molecule has 0 aromatic carbocycles. The maximum atomic E-state index is 5.28. The number of hydrogen-bond donors (Lipinski definition) is 3. The van der Waals surface area contributed by atoms with Crippen molar-refractivity contribution in [2.75, 3.05) is 26.2 Å². The molecule has 22 heavy (non-hydrogen) atoms. The highest BCUT2D eigenvalue weighted by molar-refractivity contribution is 4.70. The van der Waals surface area contributed by atoms with Gasteiger partial charge in [-0.15, -0.1) is 0 Å². The number of rotatable bonds is 6. The highest BCUT2D eigenvalue weighted by Gasteiger charge is 2.15. The van der Waals surface area contributed by atoms with Gasteiger partial charge in [-0.05, 0) is 82.0 Å². The van der Waals surface area contributed by atoms with Crippen molar-refractivity contribution in [2.45, 2.75) is 73.6 Å². The van der Waals surface area contributed by atoms with Crippen LogP contribution in [0.25, 0.3) is 0 Å². The Hall–Kier alpha value is -0.120. The van der Waals surface area contributed by atoms with Crippen molar-refractivity contribution < 1.29 is 0 Å². The molecule has 3 heteroatoms. The van der Waals surface area contributed by atoms with Crippen LogP contribution in [0.1, 0.15) is 73.6 Å². The van der Waals surface area contributed by atoms with E-state index in [-0.39, 0.29) is 0 Å². The zero-order chi connectivity index (χ0) is 17.4. The Bertz CT molecular complexity index is 197. The second-order valence-electron chi connectivity index (χ2n) is 7.63. The first-order valence-electron chi connectivity index (χ1n) is 9.45. The third-order valence-electron chi connectivity index (χ3n) is 4.06. The fourth-order valence-electron chi connectivity index (χ4n) is 2.37. The molecule has 1 aliphatic heterocycles. The van der Waals surface area contributed by atoms with Crippen molar-refractivity contribution in [3.8, 4) is 0 Å². The minimum absolute atomic E-state index is 0.773. The average molecular weight is 316 g/mol. The van der Waals surface area contributed by atoms with Crippen molar-refractivity contribution in [3.05, 3.63) is 0 Å². The van der Waals surface area contributed by atoms with Crippen molar-refractivity contribution >= 4 is 0 Å². The Morgan fingerprint density at radius 2 is 1.32 bits per heavy atom. The van der Waals surface area contributed by atoms with Crippen LogP contribution in [-0.4, -0.2) is 26.2 Å². The molecular formula is C19H45N3. The quantitative estimate of drug-likeness (QED) is 0.694. The van der Waals surface area contributed by atoms with E-state index in [1.807, 2.05) is 0 Å². The van der Waals surface area contributed by atoms with Crippen LogP contribution in [0.4, 0.5) is 0 Å². The summed E-state index contributed by atoms with van der Waals surface area (Å²) in [5.41, 5.74) is 10.5. The molecule has 0 aromatic rings. The van der Waals surface area contributed by atoms with E-state index in [0.717, 1.165) is 43.2 Å². The van der Waals surface area contributed by atoms with Crippen LogP contribution in [0.2, 0.25) is 0 Å². The highest BCUT2D eigenvalue weighted by atomic mass is 14.9. The molecular weight excluding hydrogens is 270 g/mol. The molecule has 0 radical (unpaired) electrons. The van der Waals surface area contributed by atoms with Gasteiger partial charge in [0.05, 0.1) is 0 Å². The van der Waals surface area contributed by atoms with E-state index >= 15 is 0 Å². The van der Waals surface area contributed by atoms with Crippen molar-refractivity contribution in [2.24, 2.45) is 35.1 Å². The summed E-state index contributed by atoms with van der Waals surface area (Å²) >= 11 is 0. The van der Waals surface area contributed by atoms with E-state index in [9.17, 15) is 0 Å². The summed E-state index contributed by atoms with van der Waals surface area (Å²) in [6.07, 6.45) is 6.38. The Balaban J connectivity index is 0. The molecule has 0 saturated carbocycles. The molecule has 1 rings (SSSR count). The first-order valence-corrected chi connectivity index (χ1v) is 9.45. The van der Waals surface area contributed by atoms with Crippen LogP contribution in [0.3, 0.4) is 0 Å². The number of piperidine rings is 1. The van der Waals surface area contributed by atoms with Crippen molar-refractivity contribution in [3.63, 3.8) is 0 Å². The Morgan fingerprint density at radius 3 is 1.50 bits per heavy atom. The van der Waals surface area contributed by atoms with Gasteiger partial charge in [-0.25, -0.2) is 0 Å². The molecule has 0 amide bonds. The van der Waals surface area contributed by atoms with Gasteiger partial charge in [0, 0.05) is 0 Å². The number of nitrogens with one attached hydrogen (secondary N) is 1. The molecule has 1 saturated heterocycles. The highest BCUT2D eigenvalue weighted by Crippen LogP contribution is 2.20. The van der Waals surface area contributed by atoms with Gasteiger partial charge in [0.1, 0.15) is 0 Å². The smallest absolute Gasteiger partial charge is 0.00462 e. The molecule has 136 valence electrons. The Morgan fingerprint density at radius 1 is 0.818 bits per heavy atom. The fraction of sp³-hybridized carbons (Fsp3) is 1.00. The second kappa shape index (κ2) is 17.2. The van der Waals surface area contributed by atoms with E-state index < -0.39 is 0 Å². The molecule has 1 heterocycles. The molecule has 0 aromatic heterocycles. The number of nitrogens with two attached hydrogens (primary N) is 2. The summed E-state index contributed by atoms with van der Waals surface area (Å²) in [5.74, 6) is 3.48. The largest absolute Gasteiger partial charge is 0.330 e. The standard InChI is InChI=1S/C8H17N.C6H15N.C5H13N/c1-7(2)8-3-5-9-6-4-8;1-6(2)4-3-5-7;1-5(2)3-4-6/h7-9H,3-6H2,1-2H3;6H,3-5,7H2,1-2H3;5H,3-4,6H2,1-2H3. The van der Waals surface area contributed by atoms with E-state index in [1.165, 1.54) is 38.8 Å². The minimum atomic E-state index is 0.773. The first kappa shape index (κ1) is 24.1. The summed E-state index contributed by atoms with van der Waals surface area (Å²) in [6.45, 7) is 17.6. The van der Waals surface area contributed by atoms with E-state index in [4.69, 9.17) is 11.5 Å². The lowest BCUT2D eigenvalue weighted by atomic mass is 9.87. The second-order valence-corrected chi connectivity index (χ2v) is 7.63. The molecule has 5 N–H and O–H groups in total. The maximum absolute atomic E-state index is 5.28. The zero-order valence-corrected chi connectivity index (χ0v) is 16.3. The van der Waals surface area contributed by atoms with Gasteiger partial charge in [0.15, 0.2) is 0 Å². The first-order chi connectivity index (χ1) is 10.3. The van der Waals surface area contributed by atoms with E-state index in [0.29, 0.717) is 0 Å². The minimum Gasteiger partial charge on any atom is -0.330 e. The summed E-state index contributed by atoms with van der Waals surface area (Å²) in [6, 6.07) is 0. The predicted octanol–water partition coefficient (Wildman–Crippen LogP) is 4.01. The van der Waals surface area contributed by atoms with Gasteiger partial charge >= 0.3 is 0 Å². The van der Waals surface area contributed by atoms with Crippen molar-refractivity contribution in [1.82, 2.24) is 5.32 Å². The summed E-state index contributed by atoms with van der Waals surface area (Å²) < 4.78 is 0. The SMILES string of the molecule is CC(C)C1CCNCC1.CC(C)CCCN.CC(C)CCN. The molecule has 0 bridgehead atoms. The summed E-state index contributed by atoms with van der Waals surface area (Å²) in [4.78, 5) is 0. The molecule has 0 atom stereocenters. The van der Waals surface area contributed by atoms with E-state index in [2.05, 4.69) is 46.9 Å². The van der Waals surface area contributed by atoms with Gasteiger partial charge in [0.2, 0.25) is 0 Å². The third-order valence-corrected chi connectivity index (χ3v) is 4.06. The fourth-order valence-corrected chi connectivity index (χ4v) is 2.37. The predicted molar refractivity (Wildman–Crippen MR) is 102 cm³/mol. The van der Waals surface area contributed by atoms with Gasteiger partial charge in [-0.2, -0.15) is 0 Å². The van der Waals surface area contributed by atoms with Crippen LogP contribution < -0.4 is 16.8 Å². The lowest BCUT2D eigenvalue weighted by molar-refractivity contribution is 0.292. The van der Waals surface area contributed by atoms with Crippen molar-refractivity contribution in [1.29, 1.82) is 0 Å². The van der Waals surface area contributed by atoms with Crippen LogP contribution >= 0.6 is 0 Å². The lowest BCUT2D eigenvalue weighted by Gasteiger charge is -2.25. The lowest BCUT2D eigenvalue weighted by Crippen LogP contribution is -2.29. The van der Waals surface area contributed by atoms with Gasteiger partial charge in [0.25, 0.3) is 0 Å². The van der Waals surface area contributed by atoms with Crippen LogP contribution in [0, 0.1) is 23.7 Å². The molecule has 0 unspecified atom stereocenters. The molecule has 0 aliphatic carbocycles. The normalized spacial score (nSPS) is 15.4. The molecule has 0 spiro atoms. The van der Waals surface area contributed by atoms with Gasteiger partial charge < -0.3 is 16.8 Å². The van der Waals surface area contributed by atoms with Crippen LogP contribution in [0.5, 0.6) is 0 Å². The average Bonchev–Trinajstić information content (AvgIpc) is 2.47. The Labute approximate surface area is 141 Å². The topological polar surface area (TPSA) is 64.1 Å². The van der Waals surface area contributed by atoms with Gasteiger partial charge in [-0.3, -0.25) is 0 Å². The maximum Gasteiger partial charge on any atom is -0.00462 e. The monoisotopic (exact) mass is 315 g/mol. The van der Waals surface area contributed by atoms with Crippen LogP contribution in [0.15, 0.2) is 0 Å². The van der Waals surface area contributed by atoms with Gasteiger partial charge in [-0.1, -0.05) is 41.5 Å². The van der Waals surface area contributed by atoms with Crippen LogP contribution in [-0.2, 0) is 0 Å². The molecule has 3 nitrogen and oxygen atoms in total. The van der Waals surface area contributed by atoms with E-state index in [1.54, 1.807) is 0 Å². The molecule has 1 fully saturated rings. The molecule has 1 aliphatic rings. The summed E-state index contributed by atoms with van der Waals surface area (Å²) in [7, 11) is 0. The Kier molecular flexibility index (Phi) is 18.9. The number of hydrogen-bond acceptors (Lipinski definition) is 3. The zero-order valence-electron chi connectivity index (χ0n) is 16.3. The summed E-state index contributed by atoms with van der Waals surface area (Å²) in [5, 5.41) is 3.37.